The lowest BCUT2D eigenvalue weighted by Gasteiger charge is -2.42. The third-order valence-electron chi connectivity index (χ3n) is 2.40. The van der Waals surface area contributed by atoms with Gasteiger partial charge in [-0.2, -0.15) is 13.2 Å². The van der Waals surface area contributed by atoms with Gasteiger partial charge in [-0.3, -0.25) is 4.90 Å². The Morgan fingerprint density at radius 3 is 2.42 bits per heavy atom. The zero-order chi connectivity index (χ0) is 19.3. The molecule has 1 aliphatic heterocycles. The highest BCUT2D eigenvalue weighted by molar-refractivity contribution is 5.68. The Morgan fingerprint density at radius 1 is 1.37 bits per heavy atom. The predicted molar refractivity (Wildman–Crippen MR) is 64.9 cm³/mol. The molecule has 0 aliphatic carbocycles. The van der Waals surface area contributed by atoms with E-state index in [4.69, 9.17) is 6.85 Å². The Labute approximate surface area is 118 Å². The lowest BCUT2D eigenvalue weighted by molar-refractivity contribution is -0.200. The normalized spacial score (nSPS) is 36.2. The number of hydrogen-bond donors (Lipinski definition) is 0. The number of nitrogens with zero attached hydrogens (tertiary/aromatic N) is 2. The van der Waals surface area contributed by atoms with Crippen molar-refractivity contribution in [1.82, 2.24) is 9.80 Å². The molecule has 1 fully saturated rings. The van der Waals surface area contributed by atoms with Crippen LogP contribution in [0, 0.1) is 0 Å². The molecule has 0 radical (unpaired) electrons. The average molecular weight is 287 g/mol. The molecule has 0 aromatic rings. The zero-order valence-electron chi connectivity index (χ0n) is 16.2. The number of piperazine rings is 1. The van der Waals surface area contributed by atoms with Crippen LogP contribution in [0.3, 0.4) is 0 Å². The first-order chi connectivity index (χ1) is 10.4. The minimum absolute atomic E-state index is 0.335. The third-order valence-corrected chi connectivity index (χ3v) is 2.40. The average Bonchev–Trinajstić information content (AvgIpc) is 2.29. The Morgan fingerprint density at radius 2 is 1.95 bits per heavy atom. The van der Waals surface area contributed by atoms with Crippen LogP contribution in [0.1, 0.15) is 34.5 Å². The fourth-order valence-electron chi connectivity index (χ4n) is 1.24. The highest BCUT2D eigenvalue weighted by Gasteiger charge is 2.40. The van der Waals surface area contributed by atoms with Crippen LogP contribution < -0.4 is 0 Å². The van der Waals surface area contributed by atoms with Crippen LogP contribution in [-0.2, 0) is 4.74 Å². The van der Waals surface area contributed by atoms with Crippen LogP contribution in [0.4, 0.5) is 18.0 Å². The minimum atomic E-state index is -5.15. The molecule has 1 amide bonds. The molecule has 0 bridgehead atoms. The Kier molecular flexibility index (Phi) is 2.88. The van der Waals surface area contributed by atoms with Crippen LogP contribution in [0.5, 0.6) is 0 Å². The predicted octanol–water partition coefficient (Wildman–Crippen LogP) is 2.49. The summed E-state index contributed by atoms with van der Waals surface area (Å²) in [4.78, 5) is 13.4. The van der Waals surface area contributed by atoms with Gasteiger partial charge < -0.3 is 9.64 Å². The van der Waals surface area contributed by atoms with E-state index in [1.165, 1.54) is 0 Å². The van der Waals surface area contributed by atoms with E-state index >= 15 is 0 Å². The first kappa shape index (κ1) is 9.85. The number of halogens is 3. The second kappa shape index (κ2) is 5.56. The Balaban J connectivity index is 3.06. The molecule has 0 saturated carbocycles. The molecule has 19 heavy (non-hydrogen) atoms. The molecule has 3 unspecified atom stereocenters. The zero-order valence-corrected chi connectivity index (χ0v) is 11.2. The quantitative estimate of drug-likeness (QED) is 0.743. The Bertz CT molecular complexity index is 496. The molecule has 1 rings (SSSR count). The number of hydrogen-bond acceptors (Lipinski definition) is 3. The molecule has 4 nitrogen and oxygen atoms in total. The summed E-state index contributed by atoms with van der Waals surface area (Å²) in [6.07, 6.45) is -10.3. The highest BCUT2D eigenvalue weighted by atomic mass is 19.4. The number of amides is 1. The van der Waals surface area contributed by atoms with Crippen molar-refractivity contribution in [2.24, 2.45) is 0 Å². The highest BCUT2D eigenvalue weighted by Crippen LogP contribution is 2.23. The van der Waals surface area contributed by atoms with Crippen molar-refractivity contribution < 1.29 is 29.6 Å². The molecule has 0 aromatic heterocycles. The van der Waals surface area contributed by atoms with Gasteiger partial charge in [-0.05, 0) is 27.7 Å². The van der Waals surface area contributed by atoms with Gasteiger partial charge in [0.15, 0.2) is 6.08 Å². The summed E-state index contributed by atoms with van der Waals surface area (Å²) >= 11 is 0. The molecular formula is C12H21F3N2O2. The van der Waals surface area contributed by atoms with E-state index < -0.39 is 50.0 Å². The smallest absolute Gasteiger partial charge is 0.425 e. The second-order valence-electron chi connectivity index (χ2n) is 5.05. The van der Waals surface area contributed by atoms with Gasteiger partial charge in [0.05, 0.1) is 2.74 Å². The van der Waals surface area contributed by atoms with Crippen molar-refractivity contribution in [3.63, 3.8) is 0 Å². The van der Waals surface area contributed by atoms with Gasteiger partial charge in [0.2, 0.25) is 0 Å². The van der Waals surface area contributed by atoms with Crippen LogP contribution in [-0.4, -0.2) is 59.8 Å². The fourth-order valence-corrected chi connectivity index (χ4v) is 1.24. The number of alkyl halides is 3. The van der Waals surface area contributed by atoms with Crippen molar-refractivity contribution in [3.8, 4) is 0 Å². The summed E-state index contributed by atoms with van der Waals surface area (Å²) in [5, 5.41) is 0. The standard InChI is InChI=1S/C12H21F3N2O2/c1-9(12(13,14)15)19-10(18)16-5-7-17(8-6-16)11(2,3)4/h9H,5-8H2,1-4H3/i5D,7D,8D2,9D. The first-order valence-corrected chi connectivity index (χ1v) is 5.62. The van der Waals surface area contributed by atoms with Gasteiger partial charge in [-0.15, -0.1) is 0 Å². The molecule has 112 valence electrons. The monoisotopic (exact) mass is 287 g/mol. The van der Waals surface area contributed by atoms with Gasteiger partial charge in [0, 0.05) is 35.7 Å². The summed E-state index contributed by atoms with van der Waals surface area (Å²) in [7, 11) is 0. The van der Waals surface area contributed by atoms with Crippen molar-refractivity contribution in [3.05, 3.63) is 0 Å². The van der Waals surface area contributed by atoms with Gasteiger partial charge >= 0.3 is 12.3 Å². The van der Waals surface area contributed by atoms with Crippen LogP contribution in [0.25, 0.3) is 0 Å². The van der Waals surface area contributed by atoms with E-state index in [-0.39, 0.29) is 0 Å². The third kappa shape index (κ3) is 4.56. The molecule has 0 spiro atoms. The van der Waals surface area contributed by atoms with E-state index in [9.17, 15) is 18.0 Å². The number of rotatable bonds is 1. The fraction of sp³-hybridized carbons (Fsp3) is 0.917. The van der Waals surface area contributed by atoms with Crippen molar-refractivity contribution in [2.45, 2.75) is 45.5 Å². The summed E-state index contributed by atoms with van der Waals surface area (Å²) in [5.74, 6) is 0. The van der Waals surface area contributed by atoms with Crippen molar-refractivity contribution in [2.75, 3.05) is 26.1 Å². The van der Waals surface area contributed by atoms with Crippen LogP contribution in [0.15, 0.2) is 0 Å². The first-order valence-electron chi connectivity index (χ1n) is 8.27. The molecule has 1 aliphatic rings. The van der Waals surface area contributed by atoms with E-state index in [1.807, 2.05) is 0 Å². The molecule has 0 aromatic carbocycles. The number of carbonyl (C=O) groups is 1. The number of ether oxygens (including phenoxy) is 1. The van der Waals surface area contributed by atoms with Gasteiger partial charge in [0.25, 0.3) is 0 Å². The van der Waals surface area contributed by atoms with Crippen molar-refractivity contribution >= 4 is 6.09 Å². The number of carbonyl (C=O) groups excluding carboxylic acids is 1. The molecule has 1 saturated heterocycles. The molecule has 3 atom stereocenters. The Hall–Kier alpha value is -0.980. The maximum Gasteiger partial charge on any atom is 0.425 e. The van der Waals surface area contributed by atoms with Gasteiger partial charge in [0.1, 0.15) is 0 Å². The molecule has 1 heterocycles. The van der Waals surface area contributed by atoms with E-state index in [1.54, 1.807) is 20.8 Å². The maximum absolute atomic E-state index is 12.7. The van der Waals surface area contributed by atoms with Gasteiger partial charge in [-0.1, -0.05) is 0 Å². The van der Waals surface area contributed by atoms with Crippen LogP contribution in [0.2, 0.25) is 0 Å². The second-order valence-corrected chi connectivity index (χ2v) is 5.05. The summed E-state index contributed by atoms with van der Waals surface area (Å²) in [6.45, 7) is -0.998. The molecular weight excluding hydrogens is 261 g/mol. The van der Waals surface area contributed by atoms with Crippen LogP contribution >= 0.6 is 0 Å². The molecule has 7 heteroatoms. The molecule has 0 N–H and O–H groups in total. The maximum atomic E-state index is 12.7. The van der Waals surface area contributed by atoms with E-state index in [0.717, 1.165) is 4.90 Å². The SMILES string of the molecule is [2H]C1C([2H])N(C(C)(C)C)C([2H])([2H])CN1C(=O)OC([2H])(C)C(F)(F)F. The van der Waals surface area contributed by atoms with Gasteiger partial charge in [-0.25, -0.2) is 4.79 Å². The largest absolute Gasteiger partial charge is 0.437 e. The van der Waals surface area contributed by atoms with E-state index in [2.05, 4.69) is 4.74 Å². The van der Waals surface area contributed by atoms with E-state index in [0.29, 0.717) is 11.8 Å². The summed E-state index contributed by atoms with van der Waals surface area (Å²) in [6, 6.07) is 0. The lowest BCUT2D eigenvalue weighted by atomic mass is 10.1. The lowest BCUT2D eigenvalue weighted by Crippen LogP contribution is -2.55. The van der Waals surface area contributed by atoms with Crippen molar-refractivity contribution in [1.29, 1.82) is 0 Å². The summed E-state index contributed by atoms with van der Waals surface area (Å²) in [5.41, 5.74) is -0.846. The minimum Gasteiger partial charge on any atom is -0.437 e. The summed E-state index contributed by atoms with van der Waals surface area (Å²) < 4.78 is 81.1. The topological polar surface area (TPSA) is 32.8 Å².